The van der Waals surface area contributed by atoms with Crippen molar-refractivity contribution in [1.82, 2.24) is 14.9 Å². The molecule has 0 saturated heterocycles. The molecule has 0 aliphatic carbocycles. The lowest BCUT2D eigenvalue weighted by molar-refractivity contribution is 0.0951. The maximum absolute atomic E-state index is 12.4. The van der Waals surface area contributed by atoms with Gasteiger partial charge >= 0.3 is 0 Å². The molecule has 0 bridgehead atoms. The Labute approximate surface area is 156 Å². The van der Waals surface area contributed by atoms with Crippen LogP contribution in [-0.2, 0) is 6.54 Å². The van der Waals surface area contributed by atoms with Gasteiger partial charge < -0.3 is 5.32 Å². The van der Waals surface area contributed by atoms with Crippen LogP contribution in [0.2, 0.25) is 5.02 Å². The maximum Gasteiger partial charge on any atom is 0.251 e. The van der Waals surface area contributed by atoms with Crippen LogP contribution in [0.1, 0.15) is 15.9 Å². The quantitative estimate of drug-likeness (QED) is 0.577. The predicted octanol–water partition coefficient (Wildman–Crippen LogP) is 4.61. The highest BCUT2D eigenvalue weighted by Gasteiger charge is 2.10. The van der Waals surface area contributed by atoms with Gasteiger partial charge in [-0.05, 0) is 48.0 Å². The normalized spacial score (nSPS) is 10.8. The van der Waals surface area contributed by atoms with Crippen molar-refractivity contribution in [2.45, 2.75) is 6.54 Å². The summed E-state index contributed by atoms with van der Waals surface area (Å²) in [5, 5.41) is 3.60. The van der Waals surface area contributed by atoms with Gasteiger partial charge in [0.1, 0.15) is 6.33 Å². The number of benzene rings is 3. The molecule has 4 aromatic rings. The van der Waals surface area contributed by atoms with Crippen molar-refractivity contribution >= 4 is 28.5 Å². The minimum Gasteiger partial charge on any atom is -0.348 e. The summed E-state index contributed by atoms with van der Waals surface area (Å²) in [4.78, 5) is 16.9. The zero-order valence-corrected chi connectivity index (χ0v) is 14.6. The number of carbonyl (C=O) groups excluding carboxylic acids is 1. The Morgan fingerprint density at radius 2 is 1.77 bits per heavy atom. The number of aromatic nitrogens is 2. The second-order valence-electron chi connectivity index (χ2n) is 5.96. The van der Waals surface area contributed by atoms with E-state index in [1.807, 2.05) is 77.4 Å². The lowest BCUT2D eigenvalue weighted by Gasteiger charge is -2.07. The highest BCUT2D eigenvalue weighted by atomic mass is 35.5. The first-order valence-electron chi connectivity index (χ1n) is 8.26. The third-order valence-corrected chi connectivity index (χ3v) is 4.46. The summed E-state index contributed by atoms with van der Waals surface area (Å²) in [7, 11) is 0. The van der Waals surface area contributed by atoms with E-state index in [4.69, 9.17) is 11.6 Å². The molecule has 0 atom stereocenters. The van der Waals surface area contributed by atoms with Gasteiger partial charge in [0.25, 0.3) is 5.91 Å². The second kappa shape index (κ2) is 7.02. The van der Waals surface area contributed by atoms with E-state index >= 15 is 0 Å². The standard InChI is InChI=1S/C21H16ClN3O/c22-17-9-6-15(7-10-17)13-23-21(26)16-8-11-20-19(12-16)24-14-25(20)18-4-2-1-3-5-18/h1-12,14H,13H2,(H,23,26). The number of nitrogens with one attached hydrogen (secondary N) is 1. The van der Waals surface area contributed by atoms with E-state index in [1.165, 1.54) is 0 Å². The highest BCUT2D eigenvalue weighted by molar-refractivity contribution is 6.30. The van der Waals surface area contributed by atoms with E-state index in [0.717, 1.165) is 22.3 Å². The van der Waals surface area contributed by atoms with Crippen molar-refractivity contribution in [3.63, 3.8) is 0 Å². The average Bonchev–Trinajstić information content (AvgIpc) is 3.11. The highest BCUT2D eigenvalue weighted by Crippen LogP contribution is 2.19. The minimum absolute atomic E-state index is 0.129. The molecule has 3 aromatic carbocycles. The van der Waals surface area contributed by atoms with Gasteiger partial charge in [-0.2, -0.15) is 0 Å². The molecule has 4 rings (SSSR count). The molecule has 5 heteroatoms. The summed E-state index contributed by atoms with van der Waals surface area (Å²) in [6, 6.07) is 23.0. The monoisotopic (exact) mass is 361 g/mol. The number of carbonyl (C=O) groups is 1. The fraction of sp³-hybridized carbons (Fsp3) is 0.0476. The molecule has 1 heterocycles. The summed E-state index contributed by atoms with van der Waals surface area (Å²) in [5.74, 6) is -0.129. The van der Waals surface area contributed by atoms with Crippen molar-refractivity contribution in [3.05, 3.63) is 95.3 Å². The van der Waals surface area contributed by atoms with E-state index in [0.29, 0.717) is 17.1 Å². The van der Waals surface area contributed by atoms with Crippen molar-refractivity contribution in [2.24, 2.45) is 0 Å². The summed E-state index contributed by atoms with van der Waals surface area (Å²) >= 11 is 5.88. The average molecular weight is 362 g/mol. The van der Waals surface area contributed by atoms with E-state index < -0.39 is 0 Å². The summed E-state index contributed by atoms with van der Waals surface area (Å²) in [6.07, 6.45) is 1.77. The van der Waals surface area contributed by atoms with Crippen LogP contribution >= 0.6 is 11.6 Å². The molecule has 0 unspecified atom stereocenters. The molecule has 128 valence electrons. The molecule has 4 nitrogen and oxygen atoms in total. The topological polar surface area (TPSA) is 46.9 Å². The summed E-state index contributed by atoms with van der Waals surface area (Å²) in [6.45, 7) is 0.451. The van der Waals surface area contributed by atoms with Gasteiger partial charge in [-0.1, -0.05) is 41.9 Å². The van der Waals surface area contributed by atoms with Gasteiger partial charge in [0, 0.05) is 22.8 Å². The van der Waals surface area contributed by atoms with Crippen molar-refractivity contribution in [2.75, 3.05) is 0 Å². The van der Waals surface area contributed by atoms with E-state index in [1.54, 1.807) is 6.33 Å². The van der Waals surface area contributed by atoms with Gasteiger partial charge in [0.15, 0.2) is 0 Å². The lowest BCUT2D eigenvalue weighted by Crippen LogP contribution is -2.22. The van der Waals surface area contributed by atoms with E-state index in [9.17, 15) is 4.79 Å². The molecule has 0 aliphatic heterocycles. The Bertz CT molecular complexity index is 1060. The second-order valence-corrected chi connectivity index (χ2v) is 6.40. The molecular formula is C21H16ClN3O. The van der Waals surface area contributed by atoms with Crippen LogP contribution in [0.25, 0.3) is 16.7 Å². The first kappa shape index (κ1) is 16.4. The third-order valence-electron chi connectivity index (χ3n) is 4.21. The van der Waals surface area contributed by atoms with Crippen LogP contribution in [0, 0.1) is 0 Å². The number of para-hydroxylation sites is 1. The molecule has 1 N–H and O–H groups in total. The molecule has 26 heavy (non-hydrogen) atoms. The van der Waals surface area contributed by atoms with Gasteiger partial charge in [0.2, 0.25) is 0 Å². The van der Waals surface area contributed by atoms with Crippen molar-refractivity contribution in [1.29, 1.82) is 0 Å². The molecule has 0 fully saturated rings. The fourth-order valence-electron chi connectivity index (χ4n) is 2.83. The maximum atomic E-state index is 12.4. The Balaban J connectivity index is 1.54. The SMILES string of the molecule is O=C(NCc1ccc(Cl)cc1)c1ccc2c(c1)ncn2-c1ccccc1. The smallest absolute Gasteiger partial charge is 0.251 e. The van der Waals surface area contributed by atoms with Crippen LogP contribution < -0.4 is 5.32 Å². The Morgan fingerprint density at radius 1 is 1.00 bits per heavy atom. The van der Waals surface area contributed by atoms with E-state index in [-0.39, 0.29) is 5.91 Å². The largest absolute Gasteiger partial charge is 0.348 e. The van der Waals surface area contributed by atoms with Crippen molar-refractivity contribution < 1.29 is 4.79 Å². The number of nitrogens with zero attached hydrogens (tertiary/aromatic N) is 2. The fourth-order valence-corrected chi connectivity index (χ4v) is 2.96. The number of hydrogen-bond donors (Lipinski definition) is 1. The molecule has 0 spiro atoms. The lowest BCUT2D eigenvalue weighted by atomic mass is 10.1. The number of halogens is 1. The van der Waals surface area contributed by atoms with Crippen LogP contribution in [0.3, 0.4) is 0 Å². The Morgan fingerprint density at radius 3 is 2.54 bits per heavy atom. The van der Waals surface area contributed by atoms with E-state index in [2.05, 4.69) is 10.3 Å². The van der Waals surface area contributed by atoms with Gasteiger partial charge in [0.05, 0.1) is 11.0 Å². The molecule has 0 aliphatic rings. The minimum atomic E-state index is -0.129. The molecule has 1 aromatic heterocycles. The van der Waals surface area contributed by atoms with Crippen LogP contribution in [0.5, 0.6) is 0 Å². The Kier molecular flexibility index (Phi) is 4.42. The summed E-state index contributed by atoms with van der Waals surface area (Å²) < 4.78 is 2.00. The number of fused-ring (bicyclic) bond motifs is 1. The molecule has 0 radical (unpaired) electrons. The molecule has 0 saturated carbocycles. The first-order valence-corrected chi connectivity index (χ1v) is 8.64. The van der Waals surface area contributed by atoms with Crippen molar-refractivity contribution in [3.8, 4) is 5.69 Å². The van der Waals surface area contributed by atoms with Gasteiger partial charge in [-0.3, -0.25) is 9.36 Å². The number of imidazole rings is 1. The zero-order chi connectivity index (χ0) is 17.9. The first-order chi connectivity index (χ1) is 12.7. The molecular weight excluding hydrogens is 346 g/mol. The predicted molar refractivity (Wildman–Crippen MR) is 104 cm³/mol. The number of rotatable bonds is 4. The molecule has 1 amide bonds. The van der Waals surface area contributed by atoms with Crippen LogP contribution in [-0.4, -0.2) is 15.5 Å². The van der Waals surface area contributed by atoms with Crippen LogP contribution in [0.15, 0.2) is 79.1 Å². The summed E-state index contributed by atoms with van der Waals surface area (Å²) in [5.41, 5.74) is 4.37. The number of hydrogen-bond acceptors (Lipinski definition) is 2. The van der Waals surface area contributed by atoms with Gasteiger partial charge in [-0.15, -0.1) is 0 Å². The van der Waals surface area contributed by atoms with Gasteiger partial charge in [-0.25, -0.2) is 4.98 Å². The number of amides is 1. The third kappa shape index (κ3) is 3.32. The van der Waals surface area contributed by atoms with Crippen LogP contribution in [0.4, 0.5) is 0 Å². The zero-order valence-electron chi connectivity index (χ0n) is 13.9. The Hall–Kier alpha value is -3.11.